The maximum Gasteiger partial charge on any atom is 0.0389 e. The van der Waals surface area contributed by atoms with Crippen LogP contribution in [0, 0.1) is 12.8 Å². The van der Waals surface area contributed by atoms with Crippen LogP contribution >= 0.6 is 11.3 Å². The molecule has 1 rings (SSSR count). The summed E-state index contributed by atoms with van der Waals surface area (Å²) in [6.45, 7) is 10.1. The van der Waals surface area contributed by atoms with Crippen LogP contribution in [0.25, 0.3) is 0 Å². The van der Waals surface area contributed by atoms with Crippen molar-refractivity contribution in [1.29, 1.82) is 0 Å². The third-order valence-electron chi connectivity index (χ3n) is 3.43. The lowest BCUT2D eigenvalue weighted by atomic mass is 10.0. The van der Waals surface area contributed by atoms with Gasteiger partial charge in [0.2, 0.25) is 0 Å². The molecule has 0 saturated carbocycles. The SMILES string of the molecule is Cc1ccsc1C(C)NCC(CC(C)C)N(C)C. The number of rotatable bonds is 7. The van der Waals surface area contributed by atoms with Gasteiger partial charge in [0.25, 0.3) is 0 Å². The van der Waals surface area contributed by atoms with Crippen molar-refractivity contribution >= 4 is 11.3 Å². The fourth-order valence-corrected chi connectivity index (χ4v) is 3.21. The van der Waals surface area contributed by atoms with Crippen LogP contribution in [0.1, 0.15) is 43.7 Å². The van der Waals surface area contributed by atoms with Crippen LogP contribution in [-0.4, -0.2) is 31.6 Å². The lowest BCUT2D eigenvalue weighted by Gasteiger charge is -2.28. The molecular weight excluding hydrogens is 240 g/mol. The summed E-state index contributed by atoms with van der Waals surface area (Å²) in [5.74, 6) is 0.748. The second-order valence-corrected chi connectivity index (χ2v) is 6.79. The molecule has 0 saturated heterocycles. The summed E-state index contributed by atoms with van der Waals surface area (Å²) in [4.78, 5) is 3.80. The fourth-order valence-electron chi connectivity index (χ4n) is 2.25. The predicted octanol–water partition coefficient (Wildman–Crippen LogP) is 3.68. The molecule has 0 amide bonds. The van der Waals surface area contributed by atoms with E-state index in [-0.39, 0.29) is 0 Å². The van der Waals surface area contributed by atoms with Gasteiger partial charge < -0.3 is 10.2 Å². The van der Waals surface area contributed by atoms with E-state index < -0.39 is 0 Å². The third-order valence-corrected chi connectivity index (χ3v) is 4.63. The first-order valence-corrected chi connectivity index (χ1v) is 7.73. The van der Waals surface area contributed by atoms with Gasteiger partial charge in [-0.15, -0.1) is 11.3 Å². The molecule has 2 nitrogen and oxygen atoms in total. The molecule has 1 N–H and O–H groups in total. The van der Waals surface area contributed by atoms with Gasteiger partial charge in [-0.2, -0.15) is 0 Å². The number of thiophene rings is 1. The van der Waals surface area contributed by atoms with Crippen LogP contribution in [0.3, 0.4) is 0 Å². The second kappa shape index (κ2) is 7.27. The van der Waals surface area contributed by atoms with E-state index in [2.05, 4.69) is 63.5 Å². The molecule has 0 aliphatic rings. The molecule has 0 aliphatic heterocycles. The summed E-state index contributed by atoms with van der Waals surface area (Å²) in [6, 6.07) is 3.28. The third kappa shape index (κ3) is 4.71. The van der Waals surface area contributed by atoms with Crippen molar-refractivity contribution in [2.75, 3.05) is 20.6 Å². The van der Waals surface area contributed by atoms with E-state index in [9.17, 15) is 0 Å². The number of nitrogens with one attached hydrogen (secondary N) is 1. The Bertz CT molecular complexity index is 344. The normalized spacial score (nSPS) is 15.3. The Hall–Kier alpha value is -0.380. The Labute approximate surface area is 116 Å². The smallest absolute Gasteiger partial charge is 0.0389 e. The van der Waals surface area contributed by atoms with E-state index in [0.29, 0.717) is 12.1 Å². The van der Waals surface area contributed by atoms with Crippen LogP contribution in [-0.2, 0) is 0 Å². The van der Waals surface area contributed by atoms with E-state index in [1.54, 1.807) is 0 Å². The van der Waals surface area contributed by atoms with Crippen LogP contribution in [0.15, 0.2) is 11.4 Å². The molecule has 0 spiro atoms. The molecule has 0 radical (unpaired) electrons. The second-order valence-electron chi connectivity index (χ2n) is 5.84. The summed E-state index contributed by atoms with van der Waals surface area (Å²) in [5.41, 5.74) is 1.41. The van der Waals surface area contributed by atoms with Crippen molar-refractivity contribution in [2.24, 2.45) is 5.92 Å². The number of hydrogen-bond acceptors (Lipinski definition) is 3. The van der Waals surface area contributed by atoms with Gasteiger partial charge in [-0.1, -0.05) is 13.8 Å². The highest BCUT2D eigenvalue weighted by Gasteiger charge is 2.16. The van der Waals surface area contributed by atoms with Crippen molar-refractivity contribution in [3.8, 4) is 0 Å². The fraction of sp³-hybridized carbons (Fsp3) is 0.733. The zero-order valence-electron chi connectivity index (χ0n) is 12.7. The maximum atomic E-state index is 3.68. The van der Waals surface area contributed by atoms with Gasteiger partial charge in [0.15, 0.2) is 0 Å². The van der Waals surface area contributed by atoms with Crippen molar-refractivity contribution in [2.45, 2.75) is 46.2 Å². The molecule has 2 unspecified atom stereocenters. The Morgan fingerprint density at radius 2 is 1.94 bits per heavy atom. The van der Waals surface area contributed by atoms with Crippen molar-refractivity contribution in [1.82, 2.24) is 10.2 Å². The van der Waals surface area contributed by atoms with Gasteiger partial charge in [0.1, 0.15) is 0 Å². The van der Waals surface area contributed by atoms with E-state index >= 15 is 0 Å². The molecule has 1 aromatic rings. The Balaban J connectivity index is 2.49. The number of hydrogen-bond donors (Lipinski definition) is 1. The molecule has 18 heavy (non-hydrogen) atoms. The topological polar surface area (TPSA) is 15.3 Å². The monoisotopic (exact) mass is 268 g/mol. The Kier molecular flexibility index (Phi) is 6.33. The molecule has 0 aromatic carbocycles. The number of aryl methyl sites for hydroxylation is 1. The van der Waals surface area contributed by atoms with Crippen LogP contribution in [0.2, 0.25) is 0 Å². The number of nitrogens with zero attached hydrogens (tertiary/aromatic N) is 1. The minimum atomic E-state index is 0.458. The van der Waals surface area contributed by atoms with Gasteiger partial charge in [0, 0.05) is 23.5 Å². The van der Waals surface area contributed by atoms with Crippen LogP contribution in [0.4, 0.5) is 0 Å². The first kappa shape index (κ1) is 15.7. The summed E-state index contributed by atoms with van der Waals surface area (Å²) >= 11 is 1.86. The highest BCUT2D eigenvalue weighted by molar-refractivity contribution is 7.10. The molecule has 1 heterocycles. The zero-order valence-corrected chi connectivity index (χ0v) is 13.5. The predicted molar refractivity (Wildman–Crippen MR) is 82.4 cm³/mol. The minimum Gasteiger partial charge on any atom is -0.308 e. The van der Waals surface area contributed by atoms with E-state index in [4.69, 9.17) is 0 Å². The van der Waals surface area contributed by atoms with Gasteiger partial charge >= 0.3 is 0 Å². The van der Waals surface area contributed by atoms with Gasteiger partial charge in [0.05, 0.1) is 0 Å². The first-order valence-electron chi connectivity index (χ1n) is 6.85. The van der Waals surface area contributed by atoms with Crippen LogP contribution in [0.5, 0.6) is 0 Å². The molecule has 1 aromatic heterocycles. The summed E-state index contributed by atoms with van der Waals surface area (Å²) in [7, 11) is 4.35. The van der Waals surface area contributed by atoms with E-state index in [1.807, 2.05) is 11.3 Å². The standard InChI is InChI=1S/C15H28N2S/c1-11(2)9-14(17(5)6)10-16-13(4)15-12(3)7-8-18-15/h7-8,11,13-14,16H,9-10H2,1-6H3. The maximum absolute atomic E-state index is 3.68. The van der Waals surface area contributed by atoms with Crippen LogP contribution < -0.4 is 5.32 Å². The molecule has 0 fully saturated rings. The average molecular weight is 268 g/mol. The van der Waals surface area contributed by atoms with Gasteiger partial charge in [-0.05, 0) is 57.3 Å². The first-order chi connectivity index (χ1) is 8.41. The minimum absolute atomic E-state index is 0.458. The molecule has 0 aliphatic carbocycles. The molecular formula is C15H28N2S. The van der Waals surface area contributed by atoms with Crippen molar-refractivity contribution in [3.05, 3.63) is 21.9 Å². The average Bonchev–Trinajstić information content (AvgIpc) is 2.69. The van der Waals surface area contributed by atoms with Gasteiger partial charge in [-0.3, -0.25) is 0 Å². The lowest BCUT2D eigenvalue weighted by Crippen LogP contribution is -2.39. The van der Waals surface area contributed by atoms with E-state index in [1.165, 1.54) is 16.9 Å². The van der Waals surface area contributed by atoms with E-state index in [0.717, 1.165) is 12.5 Å². The lowest BCUT2D eigenvalue weighted by molar-refractivity contribution is 0.242. The molecule has 0 bridgehead atoms. The number of likely N-dealkylation sites (N-methyl/N-ethyl adjacent to an activating group) is 1. The molecule has 2 atom stereocenters. The highest BCUT2D eigenvalue weighted by atomic mass is 32.1. The summed E-state index contributed by atoms with van der Waals surface area (Å²) < 4.78 is 0. The van der Waals surface area contributed by atoms with Gasteiger partial charge in [-0.25, -0.2) is 0 Å². The van der Waals surface area contributed by atoms with Crippen molar-refractivity contribution in [3.63, 3.8) is 0 Å². The largest absolute Gasteiger partial charge is 0.308 e. The highest BCUT2D eigenvalue weighted by Crippen LogP contribution is 2.23. The molecule has 3 heteroatoms. The Morgan fingerprint density at radius 1 is 1.28 bits per heavy atom. The Morgan fingerprint density at radius 3 is 2.39 bits per heavy atom. The van der Waals surface area contributed by atoms with Crippen molar-refractivity contribution < 1.29 is 0 Å². The summed E-state index contributed by atoms with van der Waals surface area (Å²) in [5, 5.41) is 5.86. The molecule has 104 valence electrons. The zero-order chi connectivity index (χ0) is 13.7. The summed E-state index contributed by atoms with van der Waals surface area (Å²) in [6.07, 6.45) is 1.25. The quantitative estimate of drug-likeness (QED) is 0.811.